The van der Waals surface area contributed by atoms with Crippen LogP contribution in [0.3, 0.4) is 0 Å². The quantitative estimate of drug-likeness (QED) is 0.664. The molecule has 108 valence electrons. The molecule has 2 rings (SSSR count). The number of amides is 2. The van der Waals surface area contributed by atoms with E-state index in [1.807, 2.05) is 22.6 Å². The van der Waals surface area contributed by atoms with E-state index in [2.05, 4.69) is 5.32 Å². The molecule has 8 heteroatoms. The number of rotatable bonds is 2. The number of hydrogen-bond acceptors (Lipinski definition) is 3. The zero-order valence-electron chi connectivity index (χ0n) is 10.2. The third kappa shape index (κ3) is 3.18. The van der Waals surface area contributed by atoms with Gasteiger partial charge in [-0.05, 0) is 40.8 Å². The van der Waals surface area contributed by atoms with Gasteiger partial charge in [0, 0.05) is 16.5 Å². The van der Waals surface area contributed by atoms with Crippen LogP contribution in [0.1, 0.15) is 6.42 Å². The van der Waals surface area contributed by atoms with Gasteiger partial charge in [0.15, 0.2) is 0 Å². The Morgan fingerprint density at radius 1 is 1.45 bits per heavy atom. The van der Waals surface area contributed by atoms with Crippen LogP contribution in [0.25, 0.3) is 0 Å². The summed E-state index contributed by atoms with van der Waals surface area (Å²) in [6.45, 7) is -0.0411. The molecule has 0 spiro atoms. The predicted molar refractivity (Wildman–Crippen MR) is 76.9 cm³/mol. The topological polar surface area (TPSA) is 89.9 Å². The third-order valence-electron chi connectivity index (χ3n) is 3.00. The Hall–Kier alpha value is -1.42. The monoisotopic (exact) mass is 394 g/mol. The summed E-state index contributed by atoms with van der Waals surface area (Å²) in [7, 11) is 0. The lowest BCUT2D eigenvalue weighted by Gasteiger charge is -2.21. The molecule has 1 aromatic rings. The number of carboxylic acid groups (broad SMARTS) is 1. The largest absolute Gasteiger partial charge is 0.480 e. The van der Waals surface area contributed by atoms with Gasteiger partial charge >= 0.3 is 12.0 Å². The molecule has 6 nitrogen and oxygen atoms in total. The van der Waals surface area contributed by atoms with Crippen LogP contribution >= 0.6 is 22.6 Å². The molecule has 1 aromatic carbocycles. The van der Waals surface area contributed by atoms with Gasteiger partial charge < -0.3 is 20.4 Å². The van der Waals surface area contributed by atoms with E-state index < -0.39 is 30.0 Å². The standard InChI is InChI=1S/C12H12FIN2O4/c13-6-1-2-9(8(14)3-6)15-12(20)16-5-7(17)4-10(16)11(18)19/h1-3,7,10,17H,4-5H2,(H,15,20)(H,18,19)/t7?,10-/m0/s1. The van der Waals surface area contributed by atoms with Crippen LogP contribution in [0.15, 0.2) is 18.2 Å². The van der Waals surface area contributed by atoms with E-state index in [-0.39, 0.29) is 13.0 Å². The predicted octanol–water partition coefficient (Wildman–Crippen LogP) is 1.48. The highest BCUT2D eigenvalue weighted by molar-refractivity contribution is 14.1. The number of aliphatic carboxylic acids is 1. The second-order valence-corrected chi connectivity index (χ2v) is 5.61. The Labute approximate surface area is 127 Å². The van der Waals surface area contributed by atoms with Crippen LogP contribution in [0.5, 0.6) is 0 Å². The number of likely N-dealkylation sites (tertiary alicyclic amines) is 1. The van der Waals surface area contributed by atoms with Crippen LogP contribution in [0, 0.1) is 9.39 Å². The molecule has 1 aliphatic rings. The van der Waals surface area contributed by atoms with Crippen molar-refractivity contribution in [3.05, 3.63) is 27.6 Å². The molecule has 1 saturated heterocycles. The molecule has 0 saturated carbocycles. The normalized spacial score (nSPS) is 21.9. The fourth-order valence-electron chi connectivity index (χ4n) is 2.05. The van der Waals surface area contributed by atoms with E-state index >= 15 is 0 Å². The first-order valence-electron chi connectivity index (χ1n) is 5.82. The highest BCUT2D eigenvalue weighted by atomic mass is 127. The first-order chi connectivity index (χ1) is 9.38. The molecule has 1 aliphatic heterocycles. The van der Waals surface area contributed by atoms with Gasteiger partial charge in [-0.25, -0.2) is 14.0 Å². The van der Waals surface area contributed by atoms with Gasteiger partial charge in [-0.3, -0.25) is 0 Å². The second kappa shape index (κ2) is 5.92. The number of nitrogens with one attached hydrogen (secondary N) is 1. The summed E-state index contributed by atoms with van der Waals surface area (Å²) in [5.74, 6) is -1.59. The number of β-amino-alcohol motifs (C(OH)–C–C–N with tert-alkyl or cyclic N) is 1. The fourth-order valence-corrected chi connectivity index (χ4v) is 2.66. The lowest BCUT2D eigenvalue weighted by Crippen LogP contribution is -2.43. The number of benzene rings is 1. The number of aliphatic hydroxyl groups is 1. The van der Waals surface area contributed by atoms with Crippen molar-refractivity contribution in [2.45, 2.75) is 18.6 Å². The van der Waals surface area contributed by atoms with Crippen molar-refractivity contribution < 1.29 is 24.2 Å². The van der Waals surface area contributed by atoms with Crippen molar-refractivity contribution in [2.75, 3.05) is 11.9 Å². The average Bonchev–Trinajstić information content (AvgIpc) is 2.75. The van der Waals surface area contributed by atoms with Gasteiger partial charge in [0.25, 0.3) is 0 Å². The summed E-state index contributed by atoms with van der Waals surface area (Å²) in [6, 6.07) is 2.17. The van der Waals surface area contributed by atoms with Crippen molar-refractivity contribution in [3.8, 4) is 0 Å². The van der Waals surface area contributed by atoms with Gasteiger partial charge in [-0.1, -0.05) is 0 Å². The summed E-state index contributed by atoms with van der Waals surface area (Å²) >= 11 is 1.87. The van der Waals surface area contributed by atoms with Crippen LogP contribution in [-0.2, 0) is 4.79 Å². The zero-order valence-corrected chi connectivity index (χ0v) is 12.4. The Morgan fingerprint density at radius 3 is 2.75 bits per heavy atom. The van der Waals surface area contributed by atoms with Crippen LogP contribution < -0.4 is 5.32 Å². The van der Waals surface area contributed by atoms with Crippen LogP contribution in [-0.4, -0.2) is 45.8 Å². The minimum atomic E-state index is -1.16. The maximum Gasteiger partial charge on any atom is 0.326 e. The number of aliphatic hydroxyl groups excluding tert-OH is 1. The number of nitrogens with zero attached hydrogens (tertiary/aromatic N) is 1. The first-order valence-corrected chi connectivity index (χ1v) is 6.90. The third-order valence-corrected chi connectivity index (χ3v) is 3.89. The van der Waals surface area contributed by atoms with Crippen LogP contribution in [0.2, 0.25) is 0 Å². The van der Waals surface area contributed by atoms with E-state index in [0.29, 0.717) is 9.26 Å². The molecule has 1 heterocycles. The van der Waals surface area contributed by atoms with Gasteiger partial charge in [0.05, 0.1) is 11.8 Å². The molecule has 2 amide bonds. The summed E-state index contributed by atoms with van der Waals surface area (Å²) in [5, 5.41) is 21.0. The highest BCUT2D eigenvalue weighted by Crippen LogP contribution is 2.22. The lowest BCUT2D eigenvalue weighted by molar-refractivity contribution is -0.141. The second-order valence-electron chi connectivity index (χ2n) is 4.45. The molecule has 3 N–H and O–H groups in total. The van der Waals surface area contributed by atoms with E-state index in [9.17, 15) is 19.1 Å². The van der Waals surface area contributed by atoms with E-state index in [4.69, 9.17) is 5.11 Å². The van der Waals surface area contributed by atoms with E-state index in [1.165, 1.54) is 18.2 Å². The zero-order chi connectivity index (χ0) is 14.9. The Balaban J connectivity index is 2.13. The molecule has 0 bridgehead atoms. The Bertz CT molecular complexity index is 554. The molecule has 0 aromatic heterocycles. The summed E-state index contributed by atoms with van der Waals surface area (Å²) in [6.07, 6.45) is -0.849. The number of hydrogen-bond donors (Lipinski definition) is 3. The molecular formula is C12H12FIN2O4. The maximum absolute atomic E-state index is 13.0. The maximum atomic E-state index is 13.0. The molecule has 0 radical (unpaired) electrons. The molecule has 1 fully saturated rings. The average molecular weight is 394 g/mol. The van der Waals surface area contributed by atoms with Crippen LogP contribution in [0.4, 0.5) is 14.9 Å². The van der Waals surface area contributed by atoms with Crippen molar-refractivity contribution in [1.82, 2.24) is 4.90 Å². The number of carboxylic acids is 1. The number of carbonyl (C=O) groups is 2. The SMILES string of the molecule is O=C(O)[C@@H]1CC(O)CN1C(=O)Nc1ccc(F)cc1I. The molecule has 1 unspecified atom stereocenters. The van der Waals surface area contributed by atoms with Crippen molar-refractivity contribution >= 4 is 40.3 Å². The Kier molecular flexibility index (Phi) is 4.43. The van der Waals surface area contributed by atoms with E-state index in [0.717, 1.165) is 4.90 Å². The van der Waals surface area contributed by atoms with Gasteiger partial charge in [-0.2, -0.15) is 0 Å². The van der Waals surface area contributed by atoms with Crippen molar-refractivity contribution in [2.24, 2.45) is 0 Å². The van der Waals surface area contributed by atoms with E-state index in [1.54, 1.807) is 0 Å². The molecule has 2 atom stereocenters. The highest BCUT2D eigenvalue weighted by Gasteiger charge is 2.39. The first kappa shape index (κ1) is 15.0. The molecule has 20 heavy (non-hydrogen) atoms. The summed E-state index contributed by atoms with van der Waals surface area (Å²) in [4.78, 5) is 24.2. The number of anilines is 1. The molecular weight excluding hydrogens is 382 g/mol. The number of carbonyl (C=O) groups excluding carboxylic acids is 1. The minimum absolute atomic E-state index is 0.00324. The Morgan fingerprint density at radius 2 is 2.15 bits per heavy atom. The summed E-state index contributed by atoms with van der Waals surface area (Å²) in [5.41, 5.74) is 0.391. The van der Waals surface area contributed by atoms with Crippen molar-refractivity contribution in [3.63, 3.8) is 0 Å². The summed E-state index contributed by atoms with van der Waals surface area (Å²) < 4.78 is 13.5. The van der Waals surface area contributed by atoms with Crippen molar-refractivity contribution in [1.29, 1.82) is 0 Å². The molecule has 0 aliphatic carbocycles. The fraction of sp³-hybridized carbons (Fsp3) is 0.333. The number of halogens is 2. The minimum Gasteiger partial charge on any atom is -0.480 e. The lowest BCUT2D eigenvalue weighted by atomic mass is 10.2. The van der Waals surface area contributed by atoms with Gasteiger partial charge in [0.1, 0.15) is 11.9 Å². The smallest absolute Gasteiger partial charge is 0.326 e. The van der Waals surface area contributed by atoms with Gasteiger partial charge in [-0.15, -0.1) is 0 Å². The number of urea groups is 1. The van der Waals surface area contributed by atoms with Gasteiger partial charge in [0.2, 0.25) is 0 Å².